The first-order valence-corrected chi connectivity index (χ1v) is 6.10. The number of aromatic amines is 1. The van der Waals surface area contributed by atoms with E-state index in [9.17, 15) is 4.39 Å². The Morgan fingerprint density at radius 2 is 2.19 bits per heavy atom. The fourth-order valence-electron chi connectivity index (χ4n) is 2.64. The van der Waals surface area contributed by atoms with E-state index >= 15 is 0 Å². The first-order valence-electron chi connectivity index (χ1n) is 6.10. The topological polar surface area (TPSA) is 41.6 Å². The van der Waals surface area contributed by atoms with Crippen LogP contribution in [0.3, 0.4) is 0 Å². The van der Waals surface area contributed by atoms with E-state index in [1.54, 1.807) is 6.92 Å². The molecule has 0 saturated carbocycles. The van der Waals surface area contributed by atoms with E-state index in [-0.39, 0.29) is 0 Å². The molecule has 0 fully saturated rings. The lowest BCUT2D eigenvalue weighted by atomic mass is 9.78. The van der Waals surface area contributed by atoms with Crippen LogP contribution in [-0.2, 0) is 12.1 Å². The van der Waals surface area contributed by atoms with Crippen molar-refractivity contribution in [2.45, 2.75) is 52.1 Å². The Morgan fingerprint density at radius 1 is 1.44 bits per heavy atom. The lowest BCUT2D eigenvalue weighted by Crippen LogP contribution is -2.26. The quantitative estimate of drug-likeness (QED) is 0.798. The summed E-state index contributed by atoms with van der Waals surface area (Å²) in [7, 11) is 0. The molecule has 1 aromatic rings. The molecule has 0 amide bonds. The molecular formula is C12H20FN3. The number of nitrogens with zero attached hydrogens (tertiary/aromatic N) is 2. The van der Waals surface area contributed by atoms with Crippen molar-refractivity contribution in [2.24, 2.45) is 11.8 Å². The van der Waals surface area contributed by atoms with E-state index in [0.717, 1.165) is 25.0 Å². The normalized spacial score (nSPS) is 30.9. The third-order valence-electron chi connectivity index (χ3n) is 3.69. The van der Waals surface area contributed by atoms with E-state index in [0.29, 0.717) is 24.0 Å². The third-order valence-corrected chi connectivity index (χ3v) is 3.69. The van der Waals surface area contributed by atoms with Gasteiger partial charge in [0.2, 0.25) is 0 Å². The van der Waals surface area contributed by atoms with E-state index in [4.69, 9.17) is 0 Å². The minimum atomic E-state index is -1.34. The number of hydrogen-bond acceptors (Lipinski definition) is 2. The summed E-state index contributed by atoms with van der Waals surface area (Å²) < 4.78 is 14.6. The van der Waals surface area contributed by atoms with E-state index in [2.05, 4.69) is 29.3 Å². The van der Waals surface area contributed by atoms with Crippen molar-refractivity contribution >= 4 is 0 Å². The van der Waals surface area contributed by atoms with Crippen molar-refractivity contribution in [3.63, 3.8) is 0 Å². The Labute approximate surface area is 95.8 Å². The Hall–Kier alpha value is -0.930. The van der Waals surface area contributed by atoms with Crippen LogP contribution in [0.15, 0.2) is 0 Å². The molecular weight excluding hydrogens is 205 g/mol. The molecule has 90 valence electrons. The molecule has 1 aliphatic rings. The van der Waals surface area contributed by atoms with Crippen LogP contribution in [0.5, 0.6) is 0 Å². The molecule has 0 bridgehead atoms. The van der Waals surface area contributed by atoms with Crippen molar-refractivity contribution in [1.29, 1.82) is 0 Å². The summed E-state index contributed by atoms with van der Waals surface area (Å²) in [5.74, 6) is 0.975. The predicted molar refractivity (Wildman–Crippen MR) is 60.7 cm³/mol. The number of aromatic nitrogens is 3. The lowest BCUT2D eigenvalue weighted by molar-refractivity contribution is 0.112. The number of alkyl halides is 1. The second-order valence-electron chi connectivity index (χ2n) is 5.42. The Kier molecular flexibility index (Phi) is 3.00. The molecule has 2 unspecified atom stereocenters. The maximum absolute atomic E-state index is 14.6. The molecule has 0 radical (unpaired) electrons. The van der Waals surface area contributed by atoms with Crippen molar-refractivity contribution in [2.75, 3.05) is 0 Å². The molecule has 16 heavy (non-hydrogen) atoms. The molecule has 0 aliphatic heterocycles. The van der Waals surface area contributed by atoms with Crippen molar-refractivity contribution < 1.29 is 4.39 Å². The summed E-state index contributed by atoms with van der Waals surface area (Å²) in [4.78, 5) is 0. The number of aryl methyl sites for hydroxylation is 1. The van der Waals surface area contributed by atoms with Crippen LogP contribution in [0.4, 0.5) is 4.39 Å². The van der Waals surface area contributed by atoms with Gasteiger partial charge in [-0.3, -0.25) is 0 Å². The zero-order valence-electron chi connectivity index (χ0n) is 10.3. The number of nitrogens with one attached hydrogen (secondary N) is 1. The minimum absolute atomic E-state index is 0.444. The first-order chi connectivity index (χ1) is 7.50. The van der Waals surface area contributed by atoms with Crippen molar-refractivity contribution in [1.82, 2.24) is 15.4 Å². The van der Waals surface area contributed by atoms with Gasteiger partial charge in [-0.15, -0.1) is 0 Å². The highest BCUT2D eigenvalue weighted by Gasteiger charge is 2.37. The fraction of sp³-hybridized carbons (Fsp3) is 0.833. The van der Waals surface area contributed by atoms with Crippen LogP contribution < -0.4 is 0 Å². The van der Waals surface area contributed by atoms with Gasteiger partial charge in [-0.1, -0.05) is 13.8 Å². The smallest absolute Gasteiger partial charge is 0.154 e. The summed E-state index contributed by atoms with van der Waals surface area (Å²) >= 11 is 0. The maximum Gasteiger partial charge on any atom is 0.154 e. The lowest BCUT2D eigenvalue weighted by Gasteiger charge is -2.30. The molecule has 1 aromatic heterocycles. The number of H-pyrrole nitrogens is 1. The van der Waals surface area contributed by atoms with Crippen molar-refractivity contribution in [3.05, 3.63) is 11.4 Å². The molecule has 1 N–H and O–H groups in total. The van der Waals surface area contributed by atoms with Gasteiger partial charge in [0, 0.05) is 0 Å². The molecule has 4 heteroatoms. The summed E-state index contributed by atoms with van der Waals surface area (Å²) in [6.45, 7) is 5.98. The van der Waals surface area contributed by atoms with Gasteiger partial charge < -0.3 is 0 Å². The molecule has 3 nitrogen and oxygen atoms in total. The Morgan fingerprint density at radius 3 is 2.88 bits per heavy atom. The van der Waals surface area contributed by atoms with Gasteiger partial charge in [0.25, 0.3) is 0 Å². The summed E-state index contributed by atoms with van der Waals surface area (Å²) in [6.07, 6.45) is 3.57. The van der Waals surface area contributed by atoms with E-state index in [1.807, 2.05) is 0 Å². The van der Waals surface area contributed by atoms with Crippen LogP contribution in [0.2, 0.25) is 0 Å². The Balaban J connectivity index is 2.28. The molecule has 1 aliphatic carbocycles. The van der Waals surface area contributed by atoms with Crippen LogP contribution >= 0.6 is 0 Å². The molecule has 2 atom stereocenters. The highest BCUT2D eigenvalue weighted by Crippen LogP contribution is 2.39. The van der Waals surface area contributed by atoms with Crippen LogP contribution in [0, 0.1) is 11.8 Å². The van der Waals surface area contributed by atoms with Gasteiger partial charge in [-0.25, -0.2) is 4.39 Å². The number of rotatable bonds is 1. The van der Waals surface area contributed by atoms with Gasteiger partial charge in [0.05, 0.1) is 5.69 Å². The van der Waals surface area contributed by atoms with Crippen LogP contribution in [0.1, 0.15) is 51.4 Å². The zero-order chi connectivity index (χ0) is 11.8. The average Bonchev–Trinajstić information content (AvgIpc) is 2.62. The molecule has 0 aromatic carbocycles. The number of halogens is 1. The van der Waals surface area contributed by atoms with Crippen LogP contribution in [0.25, 0.3) is 0 Å². The largest absolute Gasteiger partial charge is 0.237 e. The van der Waals surface area contributed by atoms with Crippen molar-refractivity contribution in [3.8, 4) is 0 Å². The third kappa shape index (κ3) is 2.11. The fourth-order valence-corrected chi connectivity index (χ4v) is 2.64. The molecule has 1 heterocycles. The van der Waals surface area contributed by atoms with Gasteiger partial charge in [0.15, 0.2) is 5.67 Å². The van der Waals surface area contributed by atoms with Gasteiger partial charge >= 0.3 is 0 Å². The van der Waals surface area contributed by atoms with Crippen LogP contribution in [-0.4, -0.2) is 15.4 Å². The SMILES string of the molecule is CC(C)C1CCCc2n[nH]nc2C(C)(F)C1. The van der Waals surface area contributed by atoms with E-state index in [1.165, 1.54) is 0 Å². The number of fused-ring (bicyclic) bond motifs is 1. The highest BCUT2D eigenvalue weighted by molar-refractivity contribution is 5.18. The van der Waals surface area contributed by atoms with E-state index < -0.39 is 5.67 Å². The number of hydrogen-bond donors (Lipinski definition) is 1. The Bertz CT molecular complexity index is 357. The summed E-state index contributed by atoms with van der Waals surface area (Å²) in [5, 5.41) is 10.6. The van der Waals surface area contributed by atoms with Gasteiger partial charge in [-0.05, 0) is 44.4 Å². The minimum Gasteiger partial charge on any atom is -0.237 e. The second-order valence-corrected chi connectivity index (χ2v) is 5.42. The summed E-state index contributed by atoms with van der Waals surface area (Å²) in [6, 6.07) is 0. The maximum atomic E-state index is 14.6. The average molecular weight is 225 g/mol. The molecule has 2 rings (SSSR count). The van der Waals surface area contributed by atoms with Gasteiger partial charge in [-0.2, -0.15) is 15.4 Å². The monoisotopic (exact) mass is 225 g/mol. The first kappa shape index (κ1) is 11.6. The zero-order valence-corrected chi connectivity index (χ0v) is 10.3. The predicted octanol–water partition coefficient (Wildman–Crippen LogP) is 2.99. The summed E-state index contributed by atoms with van der Waals surface area (Å²) in [5.41, 5.74) is 0.00239. The molecule has 0 saturated heterocycles. The van der Waals surface area contributed by atoms with Gasteiger partial charge in [0.1, 0.15) is 5.69 Å². The standard InChI is InChI=1S/C12H20FN3/c1-8(2)9-5-4-6-10-11(15-16-14-10)12(3,13)7-9/h8-9H,4-7H2,1-3H3,(H,14,15,16). The highest BCUT2D eigenvalue weighted by atomic mass is 19.1. The second kappa shape index (κ2) is 4.15. The molecule has 0 spiro atoms.